The predicted molar refractivity (Wildman–Crippen MR) is 44.4 cm³/mol. The van der Waals surface area contributed by atoms with Crippen molar-refractivity contribution in [1.82, 2.24) is 4.90 Å². The Hall–Kier alpha value is -0.720. The van der Waals surface area contributed by atoms with Crippen molar-refractivity contribution in [2.45, 2.75) is 20.3 Å². The molecule has 1 rings (SSSR count). The highest BCUT2D eigenvalue weighted by atomic mass is 15.1. The third kappa shape index (κ3) is 1.41. The molecule has 0 radical (unpaired) electrons. The minimum Gasteiger partial charge on any atom is -0.352 e. The molecule has 10 heavy (non-hydrogen) atoms. The van der Waals surface area contributed by atoms with E-state index in [1.807, 2.05) is 0 Å². The summed E-state index contributed by atoms with van der Waals surface area (Å²) in [5, 5.41) is 0. The summed E-state index contributed by atoms with van der Waals surface area (Å²) in [6, 6.07) is 0. The number of hydrogen-bond acceptors (Lipinski definition) is 1. The normalized spacial score (nSPS) is 16.9. The van der Waals surface area contributed by atoms with Gasteiger partial charge in [0.15, 0.2) is 0 Å². The zero-order chi connectivity index (χ0) is 7.56. The smallest absolute Gasteiger partial charge is 0.0257 e. The van der Waals surface area contributed by atoms with Crippen LogP contribution in [0.4, 0.5) is 0 Å². The van der Waals surface area contributed by atoms with Gasteiger partial charge in [0.05, 0.1) is 0 Å². The van der Waals surface area contributed by atoms with Crippen LogP contribution in [0, 0.1) is 5.92 Å². The van der Waals surface area contributed by atoms with Crippen LogP contribution in [-0.4, -0.2) is 11.4 Å². The first-order valence-corrected chi connectivity index (χ1v) is 3.84. The van der Waals surface area contributed by atoms with Crippen molar-refractivity contribution in [2.75, 3.05) is 6.54 Å². The summed E-state index contributed by atoms with van der Waals surface area (Å²) in [7, 11) is 0. The lowest BCUT2D eigenvalue weighted by Crippen LogP contribution is -2.16. The molecular formula is C9H15N. The fraction of sp³-hybridized carbons (Fsp3) is 0.556. The van der Waals surface area contributed by atoms with Gasteiger partial charge in [0.1, 0.15) is 0 Å². The first kappa shape index (κ1) is 7.39. The van der Waals surface area contributed by atoms with E-state index >= 15 is 0 Å². The van der Waals surface area contributed by atoms with Crippen LogP contribution < -0.4 is 0 Å². The molecule has 0 aromatic rings. The summed E-state index contributed by atoms with van der Waals surface area (Å²) in [6.07, 6.45) is 5.49. The number of nitrogens with zero attached hydrogens (tertiary/aromatic N) is 1. The molecule has 0 spiro atoms. The van der Waals surface area contributed by atoms with Crippen LogP contribution in [0.1, 0.15) is 20.3 Å². The van der Waals surface area contributed by atoms with Crippen molar-refractivity contribution in [3.8, 4) is 0 Å². The van der Waals surface area contributed by atoms with Gasteiger partial charge in [-0.1, -0.05) is 26.5 Å². The monoisotopic (exact) mass is 137 g/mol. The molecule has 0 atom stereocenters. The highest BCUT2D eigenvalue weighted by molar-refractivity contribution is 5.06. The second-order valence-corrected chi connectivity index (χ2v) is 3.01. The third-order valence-electron chi connectivity index (χ3n) is 1.86. The van der Waals surface area contributed by atoms with Crippen LogP contribution in [0.3, 0.4) is 0 Å². The van der Waals surface area contributed by atoms with E-state index in [9.17, 15) is 0 Å². The summed E-state index contributed by atoms with van der Waals surface area (Å²) in [5.41, 5.74) is 1.23. The molecule has 0 saturated heterocycles. The minimum absolute atomic E-state index is 0.572. The highest BCUT2D eigenvalue weighted by Gasteiger charge is 2.09. The maximum absolute atomic E-state index is 4.01. The van der Waals surface area contributed by atoms with E-state index < -0.39 is 0 Å². The van der Waals surface area contributed by atoms with E-state index in [-0.39, 0.29) is 0 Å². The maximum atomic E-state index is 4.01. The molecule has 1 aliphatic heterocycles. The van der Waals surface area contributed by atoms with Crippen LogP contribution in [-0.2, 0) is 0 Å². The summed E-state index contributed by atoms with van der Waals surface area (Å²) in [5.74, 6) is 0.572. The van der Waals surface area contributed by atoms with E-state index in [0.29, 0.717) is 5.92 Å². The van der Waals surface area contributed by atoms with Crippen LogP contribution in [0.5, 0.6) is 0 Å². The highest BCUT2D eigenvalue weighted by Crippen LogP contribution is 2.17. The van der Waals surface area contributed by atoms with Crippen LogP contribution >= 0.6 is 0 Å². The zero-order valence-electron chi connectivity index (χ0n) is 6.80. The van der Waals surface area contributed by atoms with Gasteiger partial charge in [0.2, 0.25) is 0 Å². The average molecular weight is 137 g/mol. The molecule has 1 aliphatic rings. The molecule has 0 unspecified atom stereocenters. The van der Waals surface area contributed by atoms with E-state index in [1.54, 1.807) is 0 Å². The topological polar surface area (TPSA) is 3.24 Å². The Balaban J connectivity index is 2.49. The Morgan fingerprint density at radius 2 is 2.30 bits per heavy atom. The molecule has 1 heterocycles. The molecule has 0 fully saturated rings. The van der Waals surface area contributed by atoms with Gasteiger partial charge in [0, 0.05) is 12.2 Å². The van der Waals surface area contributed by atoms with Gasteiger partial charge in [-0.3, -0.25) is 0 Å². The first-order valence-electron chi connectivity index (χ1n) is 3.84. The van der Waals surface area contributed by atoms with Crippen molar-refractivity contribution >= 4 is 0 Å². The largest absolute Gasteiger partial charge is 0.352 e. The Labute approximate surface area is 63.0 Å². The number of hydrogen-bond donors (Lipinski definition) is 0. The third-order valence-corrected chi connectivity index (χ3v) is 1.86. The van der Waals surface area contributed by atoms with Crippen molar-refractivity contribution < 1.29 is 0 Å². The van der Waals surface area contributed by atoms with Gasteiger partial charge >= 0.3 is 0 Å². The molecule has 0 aromatic heterocycles. The minimum atomic E-state index is 0.572. The first-order chi connectivity index (χ1) is 4.72. The van der Waals surface area contributed by atoms with E-state index in [0.717, 1.165) is 6.54 Å². The summed E-state index contributed by atoms with van der Waals surface area (Å²) in [6.45, 7) is 9.48. The number of rotatable bonds is 2. The molecule has 0 aromatic carbocycles. The van der Waals surface area contributed by atoms with Crippen molar-refractivity contribution in [3.05, 3.63) is 24.6 Å². The SMILES string of the molecule is C=C(C(C)C)N1C=CCC1. The van der Waals surface area contributed by atoms with E-state index in [4.69, 9.17) is 0 Å². The molecule has 0 amide bonds. The van der Waals surface area contributed by atoms with Crippen molar-refractivity contribution in [3.63, 3.8) is 0 Å². The standard InChI is InChI=1S/C9H15N/c1-8(2)9(3)10-6-4-5-7-10/h4,6,8H,3,5,7H2,1-2H3. The molecule has 56 valence electrons. The van der Waals surface area contributed by atoms with Crippen LogP contribution in [0.2, 0.25) is 0 Å². The van der Waals surface area contributed by atoms with Gasteiger partial charge in [-0.05, 0) is 18.5 Å². The maximum Gasteiger partial charge on any atom is 0.0257 e. The Morgan fingerprint density at radius 1 is 1.60 bits per heavy atom. The molecule has 0 bridgehead atoms. The summed E-state index contributed by atoms with van der Waals surface area (Å²) >= 11 is 0. The average Bonchev–Trinajstić information content (AvgIpc) is 2.36. The quantitative estimate of drug-likeness (QED) is 0.564. The molecular weight excluding hydrogens is 122 g/mol. The molecule has 0 saturated carbocycles. The van der Waals surface area contributed by atoms with Crippen molar-refractivity contribution in [1.29, 1.82) is 0 Å². The Morgan fingerprint density at radius 3 is 2.70 bits per heavy atom. The fourth-order valence-electron chi connectivity index (χ4n) is 1.06. The lowest BCUT2D eigenvalue weighted by molar-refractivity contribution is 0.445. The second kappa shape index (κ2) is 2.91. The zero-order valence-corrected chi connectivity index (χ0v) is 6.80. The Bertz CT molecular complexity index is 156. The molecule has 1 heteroatoms. The van der Waals surface area contributed by atoms with Crippen LogP contribution in [0.25, 0.3) is 0 Å². The Kier molecular flexibility index (Phi) is 2.15. The van der Waals surface area contributed by atoms with Gasteiger partial charge in [0.25, 0.3) is 0 Å². The van der Waals surface area contributed by atoms with Gasteiger partial charge < -0.3 is 4.90 Å². The van der Waals surface area contributed by atoms with Gasteiger partial charge in [-0.15, -0.1) is 0 Å². The summed E-state index contributed by atoms with van der Waals surface area (Å²) < 4.78 is 0. The lowest BCUT2D eigenvalue weighted by Gasteiger charge is -2.21. The van der Waals surface area contributed by atoms with Gasteiger partial charge in [-0.2, -0.15) is 0 Å². The van der Waals surface area contributed by atoms with Crippen LogP contribution in [0.15, 0.2) is 24.6 Å². The summed E-state index contributed by atoms with van der Waals surface area (Å²) in [4.78, 5) is 2.23. The molecule has 1 nitrogen and oxygen atoms in total. The lowest BCUT2D eigenvalue weighted by atomic mass is 10.1. The molecule has 0 aliphatic carbocycles. The fourth-order valence-corrected chi connectivity index (χ4v) is 1.06. The van der Waals surface area contributed by atoms with E-state index in [2.05, 4.69) is 37.6 Å². The van der Waals surface area contributed by atoms with Gasteiger partial charge in [-0.25, -0.2) is 0 Å². The number of allylic oxidation sites excluding steroid dienone is 1. The van der Waals surface area contributed by atoms with E-state index in [1.165, 1.54) is 12.1 Å². The second-order valence-electron chi connectivity index (χ2n) is 3.01. The molecule has 0 N–H and O–H groups in total. The predicted octanol–water partition coefficient (Wildman–Crippen LogP) is 2.38. The van der Waals surface area contributed by atoms with Crippen molar-refractivity contribution in [2.24, 2.45) is 5.92 Å².